The van der Waals surface area contributed by atoms with Crippen molar-refractivity contribution in [3.8, 4) is 0 Å². The number of nitrogens with zero attached hydrogens (tertiary/aromatic N) is 1. The minimum absolute atomic E-state index is 0.145. The van der Waals surface area contributed by atoms with Crippen LogP contribution in [0.1, 0.15) is 40.0 Å². The van der Waals surface area contributed by atoms with E-state index in [2.05, 4.69) is 17.1 Å². The number of fused-ring (bicyclic) bond motifs is 1. The molecule has 3 N–H and O–H groups in total. The van der Waals surface area contributed by atoms with Crippen molar-refractivity contribution in [3.05, 3.63) is 34.5 Å². The molecule has 5 heteroatoms. The number of aryl methyl sites for hydroxylation is 3. The van der Waals surface area contributed by atoms with Gasteiger partial charge in [0, 0.05) is 18.0 Å². The van der Waals surface area contributed by atoms with Gasteiger partial charge in [-0.1, -0.05) is 11.6 Å². The van der Waals surface area contributed by atoms with Crippen LogP contribution in [-0.2, 0) is 0 Å². The molecule has 0 unspecified atom stereocenters. The molecule has 1 saturated carbocycles. The highest BCUT2D eigenvalue weighted by molar-refractivity contribution is 6.01. The molecule has 23 heavy (non-hydrogen) atoms. The molecule has 2 aromatic rings. The van der Waals surface area contributed by atoms with Gasteiger partial charge in [0.2, 0.25) is 0 Å². The van der Waals surface area contributed by atoms with Gasteiger partial charge in [-0.15, -0.1) is 0 Å². The van der Waals surface area contributed by atoms with E-state index in [9.17, 15) is 15.0 Å². The number of aliphatic hydroxyl groups excluding tert-OH is 2. The van der Waals surface area contributed by atoms with Gasteiger partial charge in [-0.3, -0.25) is 4.79 Å². The summed E-state index contributed by atoms with van der Waals surface area (Å²) in [6, 6.07) is 3.83. The third-order valence-electron chi connectivity index (χ3n) is 5.09. The van der Waals surface area contributed by atoms with Crippen LogP contribution in [0.4, 0.5) is 0 Å². The Morgan fingerprint density at radius 1 is 1.22 bits per heavy atom. The Morgan fingerprint density at radius 2 is 1.91 bits per heavy atom. The topological polar surface area (TPSA) is 76.6 Å². The highest BCUT2D eigenvalue weighted by Gasteiger charge is 2.38. The first-order chi connectivity index (χ1) is 10.8. The second-order valence-electron chi connectivity index (χ2n) is 6.75. The van der Waals surface area contributed by atoms with E-state index in [1.54, 1.807) is 11.9 Å². The number of carbonyl (C=O) groups is 1. The maximum Gasteiger partial charge on any atom is 0.270 e. The van der Waals surface area contributed by atoms with Gasteiger partial charge in [0.15, 0.2) is 0 Å². The Labute approximate surface area is 135 Å². The summed E-state index contributed by atoms with van der Waals surface area (Å²) in [6.07, 6.45) is -0.489. The van der Waals surface area contributed by atoms with E-state index in [1.807, 2.05) is 20.8 Å². The van der Waals surface area contributed by atoms with Gasteiger partial charge in [-0.2, -0.15) is 0 Å². The molecule has 3 atom stereocenters. The van der Waals surface area contributed by atoms with Crippen LogP contribution in [-0.4, -0.2) is 51.3 Å². The van der Waals surface area contributed by atoms with Crippen LogP contribution >= 0.6 is 0 Å². The van der Waals surface area contributed by atoms with E-state index in [-0.39, 0.29) is 11.9 Å². The van der Waals surface area contributed by atoms with Crippen molar-refractivity contribution in [1.82, 2.24) is 9.88 Å². The molecule has 0 aliphatic heterocycles. The van der Waals surface area contributed by atoms with Crippen LogP contribution in [0.3, 0.4) is 0 Å². The van der Waals surface area contributed by atoms with E-state index in [1.165, 1.54) is 5.56 Å². The van der Waals surface area contributed by atoms with E-state index >= 15 is 0 Å². The average Bonchev–Trinajstić information content (AvgIpc) is 3.00. The number of nitrogens with one attached hydrogen (secondary N) is 1. The summed E-state index contributed by atoms with van der Waals surface area (Å²) < 4.78 is 0. The van der Waals surface area contributed by atoms with E-state index in [0.717, 1.165) is 22.0 Å². The Hall–Kier alpha value is -1.85. The number of benzene rings is 1. The van der Waals surface area contributed by atoms with Crippen molar-refractivity contribution in [2.75, 3.05) is 7.05 Å². The van der Waals surface area contributed by atoms with Gasteiger partial charge < -0.3 is 20.1 Å². The van der Waals surface area contributed by atoms with Crippen molar-refractivity contribution in [2.24, 2.45) is 0 Å². The second-order valence-corrected chi connectivity index (χ2v) is 6.75. The molecule has 1 aromatic heterocycles. The number of carbonyl (C=O) groups excluding carboxylic acids is 1. The number of hydrogen-bond donors (Lipinski definition) is 3. The van der Waals surface area contributed by atoms with E-state index < -0.39 is 12.2 Å². The molecule has 3 rings (SSSR count). The van der Waals surface area contributed by atoms with Crippen LogP contribution in [0.15, 0.2) is 12.1 Å². The molecular formula is C18H24N2O3. The average molecular weight is 316 g/mol. The summed E-state index contributed by atoms with van der Waals surface area (Å²) >= 11 is 0. The minimum atomic E-state index is -0.877. The smallest absolute Gasteiger partial charge is 0.270 e. The van der Waals surface area contributed by atoms with Gasteiger partial charge >= 0.3 is 0 Å². The van der Waals surface area contributed by atoms with Gasteiger partial charge in [-0.05, 0) is 50.8 Å². The molecule has 0 radical (unpaired) electrons. The molecule has 1 fully saturated rings. The first kappa shape index (κ1) is 16.0. The number of aromatic nitrogens is 1. The number of hydrogen-bond acceptors (Lipinski definition) is 3. The lowest BCUT2D eigenvalue weighted by Crippen LogP contribution is -2.44. The Morgan fingerprint density at radius 3 is 2.52 bits per heavy atom. The minimum Gasteiger partial charge on any atom is -0.390 e. The SMILES string of the molecule is Cc1cc(C)c2[nH]c(C(=O)N(C)[C@@H]3CC[C@@H](O)[C@@H]3O)c(C)c2c1. The normalized spacial score (nSPS) is 24.3. The molecule has 0 spiro atoms. The summed E-state index contributed by atoms with van der Waals surface area (Å²) in [5.41, 5.74) is 4.75. The first-order valence-corrected chi connectivity index (χ1v) is 8.04. The van der Waals surface area contributed by atoms with Gasteiger partial charge in [0.05, 0.1) is 12.1 Å². The summed E-state index contributed by atoms with van der Waals surface area (Å²) in [5.74, 6) is -0.145. The summed E-state index contributed by atoms with van der Waals surface area (Å²) in [5, 5.41) is 20.8. The largest absolute Gasteiger partial charge is 0.390 e. The van der Waals surface area contributed by atoms with Crippen LogP contribution < -0.4 is 0 Å². The number of amides is 1. The fraction of sp³-hybridized carbons (Fsp3) is 0.500. The molecule has 124 valence electrons. The van der Waals surface area contributed by atoms with Crippen LogP contribution in [0.2, 0.25) is 0 Å². The monoisotopic (exact) mass is 316 g/mol. The Kier molecular flexibility index (Phi) is 3.94. The quantitative estimate of drug-likeness (QED) is 0.793. The molecule has 1 aliphatic rings. The maximum absolute atomic E-state index is 12.9. The number of likely N-dealkylation sites (N-methyl/N-ethyl adjacent to an activating group) is 1. The highest BCUT2D eigenvalue weighted by atomic mass is 16.3. The van der Waals surface area contributed by atoms with Crippen molar-refractivity contribution in [2.45, 2.75) is 51.9 Å². The van der Waals surface area contributed by atoms with Crippen LogP contribution in [0.25, 0.3) is 10.9 Å². The standard InChI is InChI=1S/C18H24N2O3/c1-9-7-10(2)15-12(8-9)11(3)16(19-15)18(23)20(4)13-5-6-14(21)17(13)22/h7-8,13-14,17,19,21-22H,5-6H2,1-4H3/t13-,14-,17-/m1/s1. The number of rotatable bonds is 2. The maximum atomic E-state index is 12.9. The van der Waals surface area contributed by atoms with Crippen LogP contribution in [0, 0.1) is 20.8 Å². The molecule has 1 aliphatic carbocycles. The molecule has 5 nitrogen and oxygen atoms in total. The summed E-state index contributed by atoms with van der Waals surface area (Å²) in [4.78, 5) is 17.7. The van der Waals surface area contributed by atoms with Crippen molar-refractivity contribution in [3.63, 3.8) is 0 Å². The molecule has 1 aromatic carbocycles. The molecule has 1 heterocycles. The zero-order chi connectivity index (χ0) is 16.9. The lowest BCUT2D eigenvalue weighted by atomic mass is 10.1. The van der Waals surface area contributed by atoms with E-state index in [4.69, 9.17) is 0 Å². The van der Waals surface area contributed by atoms with Crippen molar-refractivity contribution in [1.29, 1.82) is 0 Å². The second kappa shape index (κ2) is 5.65. The first-order valence-electron chi connectivity index (χ1n) is 8.04. The third kappa shape index (κ3) is 2.54. The van der Waals surface area contributed by atoms with Gasteiger partial charge in [0.25, 0.3) is 5.91 Å². The highest BCUT2D eigenvalue weighted by Crippen LogP contribution is 2.29. The number of H-pyrrole nitrogens is 1. The zero-order valence-electron chi connectivity index (χ0n) is 14.1. The predicted octanol–water partition coefficient (Wildman–Crippen LogP) is 2.05. The number of aromatic amines is 1. The number of aliphatic hydroxyl groups is 2. The van der Waals surface area contributed by atoms with E-state index in [0.29, 0.717) is 18.5 Å². The summed E-state index contributed by atoms with van der Waals surface area (Å²) in [6.45, 7) is 6.02. The van der Waals surface area contributed by atoms with Crippen molar-refractivity contribution >= 4 is 16.8 Å². The third-order valence-corrected chi connectivity index (χ3v) is 5.09. The molecular weight excluding hydrogens is 292 g/mol. The van der Waals surface area contributed by atoms with Gasteiger partial charge in [-0.25, -0.2) is 0 Å². The fourth-order valence-electron chi connectivity index (χ4n) is 3.69. The Balaban J connectivity index is 1.98. The zero-order valence-corrected chi connectivity index (χ0v) is 14.1. The fourth-order valence-corrected chi connectivity index (χ4v) is 3.69. The summed E-state index contributed by atoms with van der Waals surface area (Å²) in [7, 11) is 1.69. The molecule has 0 bridgehead atoms. The molecule has 1 amide bonds. The lowest BCUT2D eigenvalue weighted by Gasteiger charge is -2.27. The lowest BCUT2D eigenvalue weighted by molar-refractivity contribution is 0.00643. The Bertz CT molecular complexity index is 765. The van der Waals surface area contributed by atoms with Gasteiger partial charge in [0.1, 0.15) is 11.8 Å². The van der Waals surface area contributed by atoms with Crippen molar-refractivity contribution < 1.29 is 15.0 Å². The van der Waals surface area contributed by atoms with Crippen LogP contribution in [0.5, 0.6) is 0 Å². The predicted molar refractivity (Wildman–Crippen MR) is 89.6 cm³/mol. The molecule has 0 saturated heterocycles.